The Morgan fingerprint density at radius 2 is 1.33 bits per heavy atom. The highest BCUT2D eigenvalue weighted by Crippen LogP contribution is 2.08. The van der Waals surface area contributed by atoms with Crippen molar-refractivity contribution in [3.05, 3.63) is 0 Å². The highest BCUT2D eigenvalue weighted by atomic mass is 16.4. The molecule has 4 unspecified atom stereocenters. The molecule has 0 aromatic carbocycles. The molecule has 0 saturated heterocycles. The number of amides is 4. The zero-order chi connectivity index (χ0) is 28.0. The van der Waals surface area contributed by atoms with Gasteiger partial charge in [0.05, 0.1) is 18.9 Å². The molecule has 0 fully saturated rings. The SMILES string of the molecule is CC(C)CC(NC(=O)C(N)CC(=O)O)C(=O)NC(CCCN=C(N)N)C(=O)NC(CC(N)=O)C(=O)O. The van der Waals surface area contributed by atoms with Gasteiger partial charge in [0.2, 0.25) is 23.6 Å². The number of carboxylic acid groups (broad SMARTS) is 2. The van der Waals surface area contributed by atoms with Crippen molar-refractivity contribution in [1.82, 2.24) is 16.0 Å². The fourth-order valence-corrected chi connectivity index (χ4v) is 2.98. The molecule has 0 bridgehead atoms. The van der Waals surface area contributed by atoms with Gasteiger partial charge in [-0.15, -0.1) is 0 Å². The molecule has 204 valence electrons. The Labute approximate surface area is 207 Å². The van der Waals surface area contributed by atoms with Crippen LogP contribution in [0.4, 0.5) is 0 Å². The van der Waals surface area contributed by atoms with Gasteiger partial charge in [0, 0.05) is 6.54 Å². The molecule has 13 N–H and O–H groups in total. The van der Waals surface area contributed by atoms with Gasteiger partial charge in [0.25, 0.3) is 0 Å². The lowest BCUT2D eigenvalue weighted by Gasteiger charge is -2.25. The predicted octanol–water partition coefficient (Wildman–Crippen LogP) is -3.70. The smallest absolute Gasteiger partial charge is 0.326 e. The maximum Gasteiger partial charge on any atom is 0.326 e. The Balaban J connectivity index is 5.67. The van der Waals surface area contributed by atoms with E-state index in [-0.39, 0.29) is 37.7 Å². The first kappa shape index (κ1) is 32.0. The van der Waals surface area contributed by atoms with Crippen molar-refractivity contribution >= 4 is 41.5 Å². The maximum absolute atomic E-state index is 13.0. The summed E-state index contributed by atoms with van der Waals surface area (Å²) in [5.41, 5.74) is 21.1. The van der Waals surface area contributed by atoms with E-state index in [1.165, 1.54) is 0 Å². The Morgan fingerprint density at radius 3 is 1.81 bits per heavy atom. The zero-order valence-corrected chi connectivity index (χ0v) is 20.2. The third-order valence-electron chi connectivity index (χ3n) is 4.67. The van der Waals surface area contributed by atoms with Gasteiger partial charge in [-0.1, -0.05) is 13.8 Å². The van der Waals surface area contributed by atoms with E-state index in [1.807, 2.05) is 0 Å². The molecule has 16 nitrogen and oxygen atoms in total. The van der Waals surface area contributed by atoms with Crippen LogP contribution < -0.4 is 38.9 Å². The van der Waals surface area contributed by atoms with Crippen LogP contribution >= 0.6 is 0 Å². The molecule has 0 aliphatic rings. The lowest BCUT2D eigenvalue weighted by Crippen LogP contribution is -2.57. The maximum atomic E-state index is 13.0. The van der Waals surface area contributed by atoms with Crippen LogP contribution in [-0.4, -0.2) is 82.5 Å². The number of guanidine groups is 1. The highest BCUT2D eigenvalue weighted by molar-refractivity contribution is 5.95. The van der Waals surface area contributed by atoms with E-state index < -0.39 is 72.6 Å². The second kappa shape index (κ2) is 15.9. The average Bonchev–Trinajstić information content (AvgIpc) is 2.73. The van der Waals surface area contributed by atoms with Crippen molar-refractivity contribution < 1.29 is 39.0 Å². The van der Waals surface area contributed by atoms with Crippen LogP contribution in [0.1, 0.15) is 46.0 Å². The third-order valence-corrected chi connectivity index (χ3v) is 4.67. The van der Waals surface area contributed by atoms with Gasteiger partial charge in [-0.3, -0.25) is 29.0 Å². The summed E-state index contributed by atoms with van der Waals surface area (Å²) < 4.78 is 0. The van der Waals surface area contributed by atoms with Crippen LogP contribution in [0.3, 0.4) is 0 Å². The van der Waals surface area contributed by atoms with E-state index in [0.29, 0.717) is 0 Å². The first-order chi connectivity index (χ1) is 16.6. The molecule has 4 amide bonds. The standard InChI is InChI=1S/C20H36N8O8/c1-9(2)6-12(27-16(32)10(21)7-15(30)31)18(34)26-11(4-3-5-25-20(23)24)17(33)28-13(19(35)36)8-14(22)29/h9-13H,3-8,21H2,1-2H3,(H2,22,29)(H,26,34)(H,27,32)(H,28,33)(H,30,31)(H,35,36)(H4,23,24,25). The number of hydrogen-bond acceptors (Lipinski definition) is 8. The second-order valence-electron chi connectivity index (χ2n) is 8.47. The molecule has 0 saturated carbocycles. The van der Waals surface area contributed by atoms with Gasteiger partial charge in [-0.25, -0.2) is 4.79 Å². The van der Waals surface area contributed by atoms with Gasteiger partial charge in [0.1, 0.15) is 18.1 Å². The number of nitrogens with zero attached hydrogens (tertiary/aromatic N) is 1. The molecule has 36 heavy (non-hydrogen) atoms. The summed E-state index contributed by atoms with van der Waals surface area (Å²) in [6, 6.07) is -5.51. The lowest BCUT2D eigenvalue weighted by atomic mass is 10.0. The van der Waals surface area contributed by atoms with Crippen LogP contribution in [0.2, 0.25) is 0 Å². The number of carbonyl (C=O) groups excluding carboxylic acids is 4. The quantitative estimate of drug-likeness (QED) is 0.0514. The first-order valence-corrected chi connectivity index (χ1v) is 11.1. The van der Waals surface area contributed by atoms with Crippen LogP contribution in [0.15, 0.2) is 4.99 Å². The average molecular weight is 517 g/mol. The van der Waals surface area contributed by atoms with Gasteiger partial charge < -0.3 is 49.1 Å². The summed E-state index contributed by atoms with van der Waals surface area (Å²) in [4.78, 5) is 75.2. The molecular weight excluding hydrogens is 480 g/mol. The van der Waals surface area contributed by atoms with Crippen LogP contribution in [-0.2, 0) is 28.8 Å². The largest absolute Gasteiger partial charge is 0.481 e. The minimum absolute atomic E-state index is 0.0296. The summed E-state index contributed by atoms with van der Waals surface area (Å²) in [5, 5.41) is 25.1. The fraction of sp³-hybridized carbons (Fsp3) is 0.650. The third kappa shape index (κ3) is 13.7. The van der Waals surface area contributed by atoms with E-state index in [0.717, 1.165) is 0 Å². The molecule has 0 rings (SSSR count). The number of rotatable bonds is 17. The molecule has 0 radical (unpaired) electrons. The molecule has 0 spiro atoms. The molecule has 0 aromatic rings. The summed E-state index contributed by atoms with van der Waals surface area (Å²) in [6.07, 6.45) is -1.04. The Hall–Kier alpha value is -3.95. The van der Waals surface area contributed by atoms with E-state index >= 15 is 0 Å². The Kier molecular flexibility index (Phi) is 14.1. The predicted molar refractivity (Wildman–Crippen MR) is 127 cm³/mol. The Morgan fingerprint density at radius 1 is 0.806 bits per heavy atom. The summed E-state index contributed by atoms with van der Waals surface area (Å²) in [6.45, 7) is 3.64. The van der Waals surface area contributed by atoms with E-state index in [2.05, 4.69) is 20.9 Å². The van der Waals surface area contributed by atoms with Gasteiger partial charge in [-0.05, 0) is 25.2 Å². The summed E-state index contributed by atoms with van der Waals surface area (Å²) in [5.74, 6) is -6.65. The number of primary amides is 1. The van der Waals surface area contributed by atoms with E-state index in [1.54, 1.807) is 13.8 Å². The van der Waals surface area contributed by atoms with Crippen LogP contribution in [0, 0.1) is 5.92 Å². The summed E-state index contributed by atoms with van der Waals surface area (Å²) in [7, 11) is 0. The van der Waals surface area contributed by atoms with Crippen molar-refractivity contribution in [2.45, 2.75) is 70.1 Å². The topological polar surface area (TPSA) is 295 Å². The normalized spacial score (nSPS) is 14.0. The van der Waals surface area contributed by atoms with Crippen molar-refractivity contribution in [3.63, 3.8) is 0 Å². The summed E-state index contributed by atoms with van der Waals surface area (Å²) >= 11 is 0. The second-order valence-corrected chi connectivity index (χ2v) is 8.47. The van der Waals surface area contributed by atoms with Crippen molar-refractivity contribution in [3.8, 4) is 0 Å². The molecule has 4 atom stereocenters. The van der Waals surface area contributed by atoms with Crippen molar-refractivity contribution in [1.29, 1.82) is 0 Å². The number of aliphatic imine (C=N–C) groups is 1. The monoisotopic (exact) mass is 516 g/mol. The number of carbonyl (C=O) groups is 6. The van der Waals surface area contributed by atoms with Gasteiger partial charge in [-0.2, -0.15) is 0 Å². The number of carboxylic acids is 2. The molecule has 16 heteroatoms. The van der Waals surface area contributed by atoms with Gasteiger partial charge in [0.15, 0.2) is 5.96 Å². The first-order valence-electron chi connectivity index (χ1n) is 11.1. The molecule has 0 aromatic heterocycles. The number of aliphatic carboxylic acids is 2. The van der Waals surface area contributed by atoms with Crippen molar-refractivity contribution in [2.24, 2.45) is 33.8 Å². The zero-order valence-electron chi connectivity index (χ0n) is 20.2. The molecule has 0 aliphatic heterocycles. The number of nitrogens with two attached hydrogens (primary N) is 4. The molecular formula is C20H36N8O8. The number of hydrogen-bond donors (Lipinski definition) is 9. The van der Waals surface area contributed by atoms with Crippen LogP contribution in [0.5, 0.6) is 0 Å². The lowest BCUT2D eigenvalue weighted by molar-refractivity contribution is -0.143. The van der Waals surface area contributed by atoms with Gasteiger partial charge >= 0.3 is 11.9 Å². The molecule has 0 aliphatic carbocycles. The van der Waals surface area contributed by atoms with E-state index in [9.17, 15) is 33.9 Å². The highest BCUT2D eigenvalue weighted by Gasteiger charge is 2.31. The molecule has 0 heterocycles. The Bertz CT molecular complexity index is 844. The minimum atomic E-state index is -1.63. The van der Waals surface area contributed by atoms with Crippen molar-refractivity contribution in [2.75, 3.05) is 6.54 Å². The van der Waals surface area contributed by atoms with Crippen LogP contribution in [0.25, 0.3) is 0 Å². The number of nitrogens with one attached hydrogen (secondary N) is 3. The fourth-order valence-electron chi connectivity index (χ4n) is 2.98. The van der Waals surface area contributed by atoms with E-state index in [4.69, 9.17) is 28.0 Å². The minimum Gasteiger partial charge on any atom is -0.481 e.